The number of morpholine rings is 1. The first-order chi connectivity index (χ1) is 22.7. The number of ether oxygens (including phenoxy) is 1. The Balaban J connectivity index is 1.24. The van der Waals surface area contributed by atoms with Crippen molar-refractivity contribution < 1.29 is 27.5 Å². The maximum atomic E-state index is 14.3. The highest BCUT2D eigenvalue weighted by Crippen LogP contribution is 2.67. The highest BCUT2D eigenvalue weighted by molar-refractivity contribution is 6.00. The smallest absolute Gasteiger partial charge is 0.378 e. The van der Waals surface area contributed by atoms with Crippen molar-refractivity contribution in [2.24, 2.45) is 11.3 Å². The summed E-state index contributed by atoms with van der Waals surface area (Å²) < 4.78 is 45.4. The number of alkyl halides is 3. The number of rotatable bonds is 9. The number of para-hydroxylation sites is 1. The predicted octanol–water partition coefficient (Wildman–Crippen LogP) is 7.91. The highest BCUT2D eigenvalue weighted by Gasteiger charge is 2.60. The molecule has 254 valence electrons. The highest BCUT2D eigenvalue weighted by atomic mass is 19.4. The van der Waals surface area contributed by atoms with Crippen LogP contribution in [0.25, 0.3) is 10.9 Å². The van der Waals surface area contributed by atoms with Gasteiger partial charge in [-0.15, -0.1) is 0 Å². The van der Waals surface area contributed by atoms with Gasteiger partial charge in [0.2, 0.25) is 11.8 Å². The largest absolute Gasteiger partial charge is 0.416 e. The van der Waals surface area contributed by atoms with Gasteiger partial charge in [0.1, 0.15) is 5.54 Å². The summed E-state index contributed by atoms with van der Waals surface area (Å²) in [6, 6.07) is 20.5. The molecule has 6 rings (SSSR count). The maximum Gasteiger partial charge on any atom is 0.416 e. The molecule has 0 bridgehead atoms. The van der Waals surface area contributed by atoms with Crippen LogP contribution in [0.15, 0.2) is 72.8 Å². The molecule has 0 spiro atoms. The number of hydrogen-bond acceptors (Lipinski definition) is 4. The number of aromatic amines is 1. The molecule has 1 saturated heterocycles. The van der Waals surface area contributed by atoms with E-state index in [-0.39, 0.29) is 42.0 Å². The Bertz CT molecular complexity index is 1790. The monoisotopic (exact) mass is 660 g/mol. The van der Waals surface area contributed by atoms with Crippen LogP contribution in [-0.4, -0.2) is 53.5 Å². The first-order valence-corrected chi connectivity index (χ1v) is 16.5. The van der Waals surface area contributed by atoms with Gasteiger partial charge in [0, 0.05) is 54.0 Å². The molecular weight excluding hydrogens is 617 g/mol. The summed E-state index contributed by atoms with van der Waals surface area (Å²) in [6.07, 6.45) is -4.28. The fraction of sp³-hybridized carbons (Fsp3) is 0.421. The van der Waals surface area contributed by atoms with Crippen molar-refractivity contribution in [3.8, 4) is 0 Å². The average molecular weight is 661 g/mol. The third kappa shape index (κ3) is 6.55. The number of H-pyrrole nitrogens is 1. The normalized spacial score (nSPS) is 19.3. The summed E-state index contributed by atoms with van der Waals surface area (Å²) >= 11 is 0. The van der Waals surface area contributed by atoms with Gasteiger partial charge in [0.25, 0.3) is 0 Å². The number of fused-ring (bicyclic) bond motifs is 1. The lowest BCUT2D eigenvalue weighted by atomic mass is 9.97. The van der Waals surface area contributed by atoms with E-state index in [1.165, 1.54) is 22.6 Å². The number of halogens is 3. The topological polar surface area (TPSA) is 77.7 Å². The van der Waals surface area contributed by atoms with E-state index in [4.69, 9.17) is 4.74 Å². The Labute approximate surface area is 279 Å². The Morgan fingerprint density at radius 3 is 2.27 bits per heavy atom. The lowest BCUT2D eigenvalue weighted by molar-refractivity contribution is -0.145. The lowest BCUT2D eigenvalue weighted by Crippen LogP contribution is -2.54. The minimum Gasteiger partial charge on any atom is -0.378 e. The Hall–Kier alpha value is -4.31. The number of benzene rings is 3. The van der Waals surface area contributed by atoms with E-state index in [9.17, 15) is 22.8 Å². The molecular formula is C38H43F3N4O3. The van der Waals surface area contributed by atoms with E-state index < -0.39 is 17.3 Å². The zero-order valence-corrected chi connectivity index (χ0v) is 28.1. The quantitative estimate of drug-likeness (QED) is 0.191. The van der Waals surface area contributed by atoms with Crippen molar-refractivity contribution in [2.45, 2.75) is 65.2 Å². The van der Waals surface area contributed by atoms with Gasteiger partial charge in [-0.25, -0.2) is 0 Å². The molecule has 7 nitrogen and oxygen atoms in total. The predicted molar refractivity (Wildman–Crippen MR) is 182 cm³/mol. The Morgan fingerprint density at radius 1 is 0.979 bits per heavy atom. The third-order valence-corrected chi connectivity index (χ3v) is 10.4. The van der Waals surface area contributed by atoms with Crippen LogP contribution in [0.4, 0.5) is 24.5 Å². The summed E-state index contributed by atoms with van der Waals surface area (Å²) in [5, 5.41) is 4.12. The molecule has 0 radical (unpaired) electrons. The van der Waals surface area contributed by atoms with Crippen LogP contribution in [0.5, 0.6) is 0 Å². The maximum absolute atomic E-state index is 14.3. The molecule has 1 aliphatic heterocycles. The summed E-state index contributed by atoms with van der Waals surface area (Å²) in [7, 11) is 0. The van der Waals surface area contributed by atoms with Gasteiger partial charge in [-0.3, -0.25) is 9.59 Å². The SMILES string of the molecule is Cc1[nH]c2ccccc2c1[C@@H]1[C@H](CC(=O)N(Cc2ccc(C(F)(F)F)cc2)C(C)(C)C(=O)Nc2ccc(N3CCOCC3)cc2)C1(C)C. The van der Waals surface area contributed by atoms with Crippen molar-refractivity contribution in [3.63, 3.8) is 0 Å². The van der Waals surface area contributed by atoms with Crippen LogP contribution >= 0.6 is 0 Å². The third-order valence-electron chi connectivity index (χ3n) is 10.4. The van der Waals surface area contributed by atoms with Crippen LogP contribution in [-0.2, 0) is 27.0 Å². The number of carbonyl (C=O) groups excluding carboxylic acids is 2. The number of hydrogen-bond donors (Lipinski definition) is 2. The summed E-state index contributed by atoms with van der Waals surface area (Å²) in [5.74, 6) is -0.464. The van der Waals surface area contributed by atoms with Gasteiger partial charge in [0.15, 0.2) is 0 Å². The van der Waals surface area contributed by atoms with Crippen LogP contribution in [0, 0.1) is 18.3 Å². The number of amides is 2. The molecule has 1 aromatic heterocycles. The molecule has 2 atom stereocenters. The van der Waals surface area contributed by atoms with E-state index in [2.05, 4.69) is 42.0 Å². The second kappa shape index (κ2) is 12.6. The minimum absolute atomic E-state index is 0.0166. The summed E-state index contributed by atoms with van der Waals surface area (Å²) in [4.78, 5) is 35.5. The molecule has 4 aromatic rings. The standard InChI is InChI=1S/C38H43F3N4O3/c1-24-33(29-8-6-7-9-31(29)42-24)34-30(36(34,2)3)22-32(46)45(23-25-10-12-26(13-11-25)38(39,40)41)37(4,5)35(47)43-27-14-16-28(17-15-27)44-18-20-48-21-19-44/h6-17,30,34,42H,18-23H2,1-5H3,(H,43,47)/t30-,34-/m0/s1. The number of aryl methyl sites for hydroxylation is 1. The van der Waals surface area contributed by atoms with Crippen molar-refractivity contribution in [3.05, 3.63) is 95.2 Å². The number of carbonyl (C=O) groups is 2. The molecule has 2 fully saturated rings. The average Bonchev–Trinajstić information content (AvgIpc) is 3.40. The van der Waals surface area contributed by atoms with Crippen molar-refractivity contribution in [1.29, 1.82) is 0 Å². The molecule has 0 unspecified atom stereocenters. The second-order valence-electron chi connectivity index (χ2n) is 14.2. The summed E-state index contributed by atoms with van der Waals surface area (Å²) in [6.45, 7) is 12.6. The molecule has 10 heteroatoms. The Kier molecular flexibility index (Phi) is 8.83. The fourth-order valence-electron chi connectivity index (χ4n) is 7.26. The fourth-order valence-corrected chi connectivity index (χ4v) is 7.26. The van der Waals surface area contributed by atoms with Gasteiger partial charge in [0.05, 0.1) is 18.8 Å². The molecule has 2 N–H and O–H groups in total. The van der Waals surface area contributed by atoms with E-state index in [1.54, 1.807) is 13.8 Å². The molecule has 48 heavy (non-hydrogen) atoms. The van der Waals surface area contributed by atoms with Crippen LogP contribution in [0.2, 0.25) is 0 Å². The van der Waals surface area contributed by atoms with Crippen molar-refractivity contribution >= 4 is 34.1 Å². The molecule has 1 aliphatic carbocycles. The van der Waals surface area contributed by atoms with Gasteiger partial charge in [-0.05, 0) is 91.6 Å². The molecule has 2 heterocycles. The zero-order chi connectivity index (χ0) is 34.4. The van der Waals surface area contributed by atoms with Gasteiger partial charge < -0.3 is 24.8 Å². The van der Waals surface area contributed by atoms with Gasteiger partial charge in [-0.2, -0.15) is 13.2 Å². The first-order valence-electron chi connectivity index (χ1n) is 16.5. The first kappa shape index (κ1) is 33.6. The Morgan fingerprint density at radius 2 is 1.62 bits per heavy atom. The molecule has 3 aromatic carbocycles. The molecule has 2 amide bonds. The zero-order valence-electron chi connectivity index (χ0n) is 28.1. The van der Waals surface area contributed by atoms with E-state index in [0.717, 1.165) is 47.5 Å². The van der Waals surface area contributed by atoms with Crippen LogP contribution in [0.1, 0.15) is 62.4 Å². The van der Waals surface area contributed by atoms with E-state index in [1.807, 2.05) is 42.5 Å². The van der Waals surface area contributed by atoms with Crippen molar-refractivity contribution in [2.75, 3.05) is 36.5 Å². The van der Waals surface area contributed by atoms with Gasteiger partial charge in [-0.1, -0.05) is 44.2 Å². The number of nitrogens with zero attached hydrogens (tertiary/aromatic N) is 2. The number of nitrogens with one attached hydrogen (secondary N) is 2. The van der Waals surface area contributed by atoms with E-state index in [0.29, 0.717) is 24.5 Å². The molecule has 2 aliphatic rings. The van der Waals surface area contributed by atoms with Crippen LogP contribution in [0.3, 0.4) is 0 Å². The second-order valence-corrected chi connectivity index (χ2v) is 14.2. The summed E-state index contributed by atoms with van der Waals surface area (Å²) in [5.41, 5.74) is 3.20. The van der Waals surface area contributed by atoms with Crippen LogP contribution < -0.4 is 10.2 Å². The molecule has 1 saturated carbocycles. The lowest BCUT2D eigenvalue weighted by Gasteiger charge is -2.38. The van der Waals surface area contributed by atoms with Gasteiger partial charge >= 0.3 is 6.18 Å². The van der Waals surface area contributed by atoms with Crippen molar-refractivity contribution in [1.82, 2.24) is 9.88 Å². The number of anilines is 2. The minimum atomic E-state index is -4.47. The van der Waals surface area contributed by atoms with E-state index >= 15 is 0 Å². The number of aromatic nitrogens is 1.